The van der Waals surface area contributed by atoms with Crippen molar-refractivity contribution in [2.75, 3.05) is 18.0 Å². The van der Waals surface area contributed by atoms with Gasteiger partial charge < -0.3 is 15.7 Å². The minimum absolute atomic E-state index is 0.00465. The van der Waals surface area contributed by atoms with Gasteiger partial charge in [0.25, 0.3) is 0 Å². The van der Waals surface area contributed by atoms with Crippen molar-refractivity contribution in [3.63, 3.8) is 0 Å². The number of nitrogens with zero attached hydrogens (tertiary/aromatic N) is 2. The zero-order valence-electron chi connectivity index (χ0n) is 9.17. The summed E-state index contributed by atoms with van der Waals surface area (Å²) in [6.45, 7) is 1.18. The Morgan fingerprint density at radius 3 is 2.82 bits per heavy atom. The van der Waals surface area contributed by atoms with Crippen LogP contribution in [0.4, 0.5) is 5.82 Å². The molecule has 0 aromatic carbocycles. The van der Waals surface area contributed by atoms with Crippen LogP contribution in [0.3, 0.4) is 0 Å². The van der Waals surface area contributed by atoms with Crippen LogP contribution in [0.1, 0.15) is 16.9 Å². The molecule has 17 heavy (non-hydrogen) atoms. The van der Waals surface area contributed by atoms with Gasteiger partial charge in [0.15, 0.2) is 5.69 Å². The van der Waals surface area contributed by atoms with Crippen LogP contribution >= 0.6 is 0 Å². The molecule has 1 aliphatic rings. The molecule has 1 saturated heterocycles. The van der Waals surface area contributed by atoms with E-state index in [1.54, 1.807) is 12.1 Å². The average Bonchev–Trinajstić information content (AvgIpc) is 2.78. The SMILES string of the molecule is NC(=O)C1CCN(c2cccc(C(=O)O)n2)C1. The van der Waals surface area contributed by atoms with Crippen LogP contribution in [-0.4, -0.2) is 35.1 Å². The van der Waals surface area contributed by atoms with E-state index in [9.17, 15) is 9.59 Å². The molecular weight excluding hydrogens is 222 g/mol. The molecule has 0 saturated carbocycles. The normalized spacial score (nSPS) is 19.3. The van der Waals surface area contributed by atoms with E-state index in [2.05, 4.69) is 4.98 Å². The summed E-state index contributed by atoms with van der Waals surface area (Å²) in [5.41, 5.74) is 5.24. The highest BCUT2D eigenvalue weighted by molar-refractivity contribution is 5.85. The largest absolute Gasteiger partial charge is 0.477 e. The van der Waals surface area contributed by atoms with Gasteiger partial charge in [0.05, 0.1) is 5.92 Å². The van der Waals surface area contributed by atoms with Crippen molar-refractivity contribution < 1.29 is 14.7 Å². The predicted molar refractivity (Wildman–Crippen MR) is 60.7 cm³/mol. The molecule has 1 aromatic heterocycles. The van der Waals surface area contributed by atoms with Crippen molar-refractivity contribution in [3.05, 3.63) is 23.9 Å². The number of carbonyl (C=O) groups is 2. The molecule has 0 spiro atoms. The van der Waals surface area contributed by atoms with Crippen LogP contribution in [-0.2, 0) is 4.79 Å². The summed E-state index contributed by atoms with van der Waals surface area (Å²) in [4.78, 5) is 27.7. The molecule has 1 aromatic rings. The number of hydrogen-bond donors (Lipinski definition) is 2. The number of rotatable bonds is 3. The first-order chi connectivity index (χ1) is 8.08. The Bertz CT molecular complexity index is 461. The third-order valence-corrected chi connectivity index (χ3v) is 2.87. The standard InChI is InChI=1S/C11H13N3O3/c12-10(15)7-4-5-14(6-7)9-3-1-2-8(13-9)11(16)17/h1-3,7H,4-6H2,(H2,12,15)(H,16,17). The number of primary amides is 1. The van der Waals surface area contributed by atoms with Gasteiger partial charge in [-0.2, -0.15) is 0 Å². The first kappa shape index (κ1) is 11.4. The third kappa shape index (κ3) is 2.35. The maximum absolute atomic E-state index is 11.0. The van der Waals surface area contributed by atoms with E-state index >= 15 is 0 Å². The lowest BCUT2D eigenvalue weighted by molar-refractivity contribution is -0.121. The molecule has 1 amide bonds. The van der Waals surface area contributed by atoms with Gasteiger partial charge in [-0.15, -0.1) is 0 Å². The number of carboxylic acids is 1. The zero-order valence-corrected chi connectivity index (χ0v) is 9.17. The molecule has 1 aliphatic heterocycles. The van der Waals surface area contributed by atoms with Gasteiger partial charge in [-0.3, -0.25) is 4.79 Å². The summed E-state index contributed by atoms with van der Waals surface area (Å²) < 4.78 is 0. The summed E-state index contributed by atoms with van der Waals surface area (Å²) in [6.07, 6.45) is 0.689. The second-order valence-electron chi connectivity index (χ2n) is 4.02. The van der Waals surface area contributed by atoms with E-state index in [-0.39, 0.29) is 17.5 Å². The van der Waals surface area contributed by atoms with Gasteiger partial charge in [0.1, 0.15) is 5.82 Å². The zero-order chi connectivity index (χ0) is 12.4. The number of carbonyl (C=O) groups excluding carboxylic acids is 1. The molecule has 3 N–H and O–H groups in total. The Hall–Kier alpha value is -2.11. The van der Waals surface area contributed by atoms with Gasteiger partial charge in [-0.05, 0) is 18.6 Å². The maximum atomic E-state index is 11.0. The second-order valence-corrected chi connectivity index (χ2v) is 4.02. The Morgan fingerprint density at radius 1 is 1.47 bits per heavy atom. The fourth-order valence-electron chi connectivity index (χ4n) is 1.92. The summed E-state index contributed by atoms with van der Waals surface area (Å²) >= 11 is 0. The van der Waals surface area contributed by atoms with Crippen molar-refractivity contribution in [2.45, 2.75) is 6.42 Å². The lowest BCUT2D eigenvalue weighted by Crippen LogP contribution is -2.27. The number of nitrogens with two attached hydrogens (primary N) is 1. The van der Waals surface area contributed by atoms with Crippen molar-refractivity contribution in [1.82, 2.24) is 4.98 Å². The number of carboxylic acid groups (broad SMARTS) is 1. The Labute approximate surface area is 98.1 Å². The van der Waals surface area contributed by atoms with Crippen LogP contribution in [0.5, 0.6) is 0 Å². The molecule has 0 aliphatic carbocycles. The number of anilines is 1. The molecule has 1 atom stereocenters. The number of aromatic nitrogens is 1. The van der Waals surface area contributed by atoms with Crippen LogP contribution < -0.4 is 10.6 Å². The van der Waals surface area contributed by atoms with Gasteiger partial charge in [0.2, 0.25) is 5.91 Å². The molecule has 6 heteroatoms. The number of amides is 1. The van der Waals surface area contributed by atoms with Gasteiger partial charge >= 0.3 is 5.97 Å². The minimum atomic E-state index is -1.06. The Balaban J connectivity index is 2.16. The van der Waals surface area contributed by atoms with E-state index in [4.69, 9.17) is 10.8 Å². The highest BCUT2D eigenvalue weighted by Crippen LogP contribution is 2.21. The average molecular weight is 235 g/mol. The van der Waals surface area contributed by atoms with E-state index in [1.807, 2.05) is 4.90 Å². The fraction of sp³-hybridized carbons (Fsp3) is 0.364. The molecule has 6 nitrogen and oxygen atoms in total. The fourth-order valence-corrected chi connectivity index (χ4v) is 1.92. The van der Waals surface area contributed by atoms with E-state index in [0.29, 0.717) is 25.3 Å². The predicted octanol–water partition coefficient (Wildman–Crippen LogP) is 0.0914. The highest BCUT2D eigenvalue weighted by atomic mass is 16.4. The van der Waals surface area contributed by atoms with E-state index in [1.165, 1.54) is 6.07 Å². The molecule has 0 bridgehead atoms. The third-order valence-electron chi connectivity index (χ3n) is 2.87. The van der Waals surface area contributed by atoms with Crippen LogP contribution in [0.15, 0.2) is 18.2 Å². The number of pyridine rings is 1. The van der Waals surface area contributed by atoms with Crippen molar-refractivity contribution in [1.29, 1.82) is 0 Å². The van der Waals surface area contributed by atoms with Crippen molar-refractivity contribution in [2.24, 2.45) is 11.7 Å². The van der Waals surface area contributed by atoms with E-state index < -0.39 is 5.97 Å². The first-order valence-electron chi connectivity index (χ1n) is 5.32. The smallest absolute Gasteiger partial charge is 0.354 e. The van der Waals surface area contributed by atoms with Crippen LogP contribution in [0.2, 0.25) is 0 Å². The summed E-state index contributed by atoms with van der Waals surface area (Å²) in [5, 5.41) is 8.84. The molecule has 2 rings (SSSR count). The monoisotopic (exact) mass is 235 g/mol. The summed E-state index contributed by atoms with van der Waals surface area (Å²) in [6, 6.07) is 4.81. The number of aromatic carboxylic acids is 1. The van der Waals surface area contributed by atoms with Gasteiger partial charge in [-0.1, -0.05) is 6.07 Å². The molecule has 0 radical (unpaired) electrons. The first-order valence-corrected chi connectivity index (χ1v) is 5.32. The lowest BCUT2D eigenvalue weighted by atomic mass is 10.1. The molecular formula is C11H13N3O3. The molecule has 90 valence electrons. The topological polar surface area (TPSA) is 96.5 Å². The summed E-state index contributed by atoms with van der Waals surface area (Å²) in [5.74, 6) is -0.974. The van der Waals surface area contributed by atoms with Crippen LogP contribution in [0, 0.1) is 5.92 Å². The maximum Gasteiger partial charge on any atom is 0.354 e. The highest BCUT2D eigenvalue weighted by Gasteiger charge is 2.27. The second kappa shape index (κ2) is 4.40. The van der Waals surface area contributed by atoms with E-state index in [0.717, 1.165) is 0 Å². The van der Waals surface area contributed by atoms with Crippen molar-refractivity contribution in [3.8, 4) is 0 Å². The minimum Gasteiger partial charge on any atom is -0.477 e. The van der Waals surface area contributed by atoms with Gasteiger partial charge in [0, 0.05) is 13.1 Å². The lowest BCUT2D eigenvalue weighted by Gasteiger charge is -2.16. The van der Waals surface area contributed by atoms with Crippen LogP contribution in [0.25, 0.3) is 0 Å². The Kier molecular flexibility index (Phi) is 2.95. The quantitative estimate of drug-likeness (QED) is 0.774. The summed E-state index contributed by atoms with van der Waals surface area (Å²) in [7, 11) is 0. The van der Waals surface area contributed by atoms with Crippen molar-refractivity contribution >= 4 is 17.7 Å². The van der Waals surface area contributed by atoms with Gasteiger partial charge in [-0.25, -0.2) is 9.78 Å². The molecule has 1 fully saturated rings. The number of hydrogen-bond acceptors (Lipinski definition) is 4. The Morgan fingerprint density at radius 2 is 2.24 bits per heavy atom. The molecule has 1 unspecified atom stereocenters. The molecule has 2 heterocycles.